The van der Waals surface area contributed by atoms with E-state index >= 15 is 0 Å². The van der Waals surface area contributed by atoms with E-state index in [1.54, 1.807) is 0 Å². The molecule has 4 heteroatoms. The Kier molecular flexibility index (Phi) is 8.71. The Labute approximate surface area is 100 Å². The second kappa shape index (κ2) is 10.0. The average Bonchev–Trinajstić information content (AvgIpc) is 2.34. The maximum atomic E-state index is 3.51. The van der Waals surface area contributed by atoms with Crippen LogP contribution >= 0.6 is 0 Å². The van der Waals surface area contributed by atoms with Gasteiger partial charge in [0.2, 0.25) is 0 Å². The molecule has 1 saturated heterocycles. The lowest BCUT2D eigenvalue weighted by molar-refractivity contribution is 0.237. The van der Waals surface area contributed by atoms with Crippen molar-refractivity contribution in [1.82, 2.24) is 20.9 Å². The molecule has 0 aromatic rings. The maximum Gasteiger partial charge on any atom is 0.0107 e. The van der Waals surface area contributed by atoms with Crippen LogP contribution < -0.4 is 16.0 Å². The molecule has 0 aromatic heterocycles. The lowest BCUT2D eigenvalue weighted by atomic mass is 10.3. The minimum Gasteiger partial charge on any atom is -0.320 e. The van der Waals surface area contributed by atoms with Gasteiger partial charge in [-0.15, -0.1) is 0 Å². The molecule has 0 bridgehead atoms. The third-order valence-electron chi connectivity index (χ3n) is 3.07. The second-order valence-electron chi connectivity index (χ2n) is 4.51. The Balaban J connectivity index is 1.77. The molecular formula is C12H28N4. The Morgan fingerprint density at radius 3 is 2.44 bits per heavy atom. The minimum atomic E-state index is 1.14. The molecule has 96 valence electrons. The van der Waals surface area contributed by atoms with Crippen molar-refractivity contribution in [2.45, 2.75) is 19.3 Å². The molecule has 1 aliphatic heterocycles. The molecule has 1 rings (SSSR count). The average molecular weight is 228 g/mol. The van der Waals surface area contributed by atoms with Crippen molar-refractivity contribution in [3.05, 3.63) is 0 Å². The summed E-state index contributed by atoms with van der Waals surface area (Å²) >= 11 is 0. The van der Waals surface area contributed by atoms with Gasteiger partial charge in [0.25, 0.3) is 0 Å². The minimum absolute atomic E-state index is 1.14. The van der Waals surface area contributed by atoms with E-state index in [0.29, 0.717) is 0 Å². The van der Waals surface area contributed by atoms with Gasteiger partial charge in [-0.25, -0.2) is 0 Å². The molecule has 0 saturated carbocycles. The van der Waals surface area contributed by atoms with E-state index in [1.807, 2.05) is 7.05 Å². The first kappa shape index (κ1) is 13.9. The summed E-state index contributed by atoms with van der Waals surface area (Å²) in [5.41, 5.74) is 0. The van der Waals surface area contributed by atoms with Crippen molar-refractivity contribution in [2.75, 3.05) is 59.4 Å². The summed E-state index contributed by atoms with van der Waals surface area (Å²) in [5, 5.41) is 10.1. The normalized spacial score (nSPS) is 17.8. The smallest absolute Gasteiger partial charge is 0.0107 e. The van der Waals surface area contributed by atoms with Crippen LogP contribution in [0.3, 0.4) is 0 Å². The number of hydrogen-bond acceptors (Lipinski definition) is 4. The summed E-state index contributed by atoms with van der Waals surface area (Å²) in [5.74, 6) is 0. The first-order chi connectivity index (χ1) is 7.93. The molecule has 0 aliphatic carbocycles. The number of hydrogen-bond donors (Lipinski definition) is 3. The second-order valence-corrected chi connectivity index (χ2v) is 4.51. The highest BCUT2D eigenvalue weighted by Crippen LogP contribution is 1.93. The lowest BCUT2D eigenvalue weighted by Gasteiger charge is -2.27. The predicted molar refractivity (Wildman–Crippen MR) is 70.0 cm³/mol. The van der Waals surface area contributed by atoms with E-state index < -0.39 is 0 Å². The zero-order valence-corrected chi connectivity index (χ0v) is 10.7. The van der Waals surface area contributed by atoms with Crippen LogP contribution in [0.4, 0.5) is 0 Å². The summed E-state index contributed by atoms with van der Waals surface area (Å²) in [6, 6.07) is 0. The van der Waals surface area contributed by atoms with E-state index in [1.165, 1.54) is 52.0 Å². The Hall–Kier alpha value is -0.160. The summed E-state index contributed by atoms with van der Waals surface area (Å²) in [6.07, 6.45) is 3.85. The van der Waals surface area contributed by atoms with E-state index in [2.05, 4.69) is 20.9 Å². The summed E-state index contributed by atoms with van der Waals surface area (Å²) in [4.78, 5) is 2.55. The van der Waals surface area contributed by atoms with Gasteiger partial charge >= 0.3 is 0 Å². The van der Waals surface area contributed by atoms with Crippen molar-refractivity contribution in [2.24, 2.45) is 0 Å². The van der Waals surface area contributed by atoms with Crippen LogP contribution in [-0.2, 0) is 0 Å². The number of rotatable bonds is 9. The molecule has 1 fully saturated rings. The van der Waals surface area contributed by atoms with Crippen molar-refractivity contribution in [3.8, 4) is 0 Å². The molecule has 1 aliphatic rings. The molecule has 3 N–H and O–H groups in total. The first-order valence-electron chi connectivity index (χ1n) is 6.72. The lowest BCUT2D eigenvalue weighted by Crippen LogP contribution is -2.44. The number of nitrogens with one attached hydrogen (secondary N) is 3. The largest absolute Gasteiger partial charge is 0.320 e. The van der Waals surface area contributed by atoms with Gasteiger partial charge in [0.05, 0.1) is 0 Å². The monoisotopic (exact) mass is 228 g/mol. The highest BCUT2D eigenvalue weighted by Gasteiger charge is 2.07. The predicted octanol–water partition coefficient (Wildman–Crippen LogP) is -0.129. The molecule has 0 amide bonds. The number of nitrogens with zero attached hydrogens (tertiary/aromatic N) is 1. The van der Waals surface area contributed by atoms with Crippen LogP contribution in [0.2, 0.25) is 0 Å². The van der Waals surface area contributed by atoms with Crippen LogP contribution in [0.15, 0.2) is 0 Å². The van der Waals surface area contributed by atoms with Crippen LogP contribution in [-0.4, -0.2) is 64.3 Å². The van der Waals surface area contributed by atoms with Gasteiger partial charge in [-0.1, -0.05) is 0 Å². The van der Waals surface area contributed by atoms with E-state index in [0.717, 1.165) is 19.6 Å². The van der Waals surface area contributed by atoms with Crippen molar-refractivity contribution in [1.29, 1.82) is 0 Å². The molecule has 0 atom stereocenters. The van der Waals surface area contributed by atoms with E-state index in [4.69, 9.17) is 0 Å². The Bertz CT molecular complexity index is 146. The Morgan fingerprint density at radius 1 is 1.00 bits per heavy atom. The molecule has 0 aromatic carbocycles. The van der Waals surface area contributed by atoms with E-state index in [-0.39, 0.29) is 0 Å². The molecule has 0 radical (unpaired) electrons. The molecule has 16 heavy (non-hydrogen) atoms. The zero-order valence-electron chi connectivity index (χ0n) is 10.7. The van der Waals surface area contributed by atoms with Crippen LogP contribution in [0.1, 0.15) is 19.3 Å². The fourth-order valence-corrected chi connectivity index (χ4v) is 2.04. The molecular weight excluding hydrogens is 200 g/mol. The topological polar surface area (TPSA) is 39.3 Å². The third kappa shape index (κ3) is 7.17. The van der Waals surface area contributed by atoms with E-state index in [9.17, 15) is 0 Å². The quantitative estimate of drug-likeness (QED) is 0.481. The zero-order chi connectivity index (χ0) is 11.5. The van der Waals surface area contributed by atoms with Gasteiger partial charge in [0, 0.05) is 26.2 Å². The number of piperazine rings is 1. The molecule has 1 heterocycles. The standard InChI is InChI=1S/C12H28N4/c1-13-5-2-3-6-14-7-4-10-16-11-8-15-9-12-16/h13-15H,2-12H2,1H3. The first-order valence-corrected chi connectivity index (χ1v) is 6.72. The summed E-state index contributed by atoms with van der Waals surface area (Å²) in [6.45, 7) is 9.51. The van der Waals surface area contributed by atoms with Crippen molar-refractivity contribution in [3.63, 3.8) is 0 Å². The van der Waals surface area contributed by atoms with Gasteiger partial charge in [-0.05, 0) is 52.5 Å². The van der Waals surface area contributed by atoms with Gasteiger partial charge in [0.15, 0.2) is 0 Å². The summed E-state index contributed by atoms with van der Waals surface area (Å²) in [7, 11) is 2.01. The van der Waals surface area contributed by atoms with Gasteiger partial charge in [-0.2, -0.15) is 0 Å². The molecule has 0 unspecified atom stereocenters. The van der Waals surface area contributed by atoms with Crippen LogP contribution in [0.5, 0.6) is 0 Å². The highest BCUT2D eigenvalue weighted by atomic mass is 15.2. The van der Waals surface area contributed by atoms with Crippen molar-refractivity contribution >= 4 is 0 Å². The fraction of sp³-hybridized carbons (Fsp3) is 1.00. The molecule has 4 nitrogen and oxygen atoms in total. The number of unbranched alkanes of at least 4 members (excludes halogenated alkanes) is 1. The third-order valence-corrected chi connectivity index (χ3v) is 3.07. The summed E-state index contributed by atoms with van der Waals surface area (Å²) < 4.78 is 0. The maximum absolute atomic E-state index is 3.51. The SMILES string of the molecule is CNCCCCNCCCN1CCNCC1. The van der Waals surface area contributed by atoms with Gasteiger partial charge in [-0.3, -0.25) is 0 Å². The van der Waals surface area contributed by atoms with Gasteiger partial charge < -0.3 is 20.9 Å². The van der Waals surface area contributed by atoms with Gasteiger partial charge in [0.1, 0.15) is 0 Å². The Morgan fingerprint density at radius 2 is 1.69 bits per heavy atom. The fourth-order valence-electron chi connectivity index (χ4n) is 2.04. The molecule has 0 spiro atoms. The highest BCUT2D eigenvalue weighted by molar-refractivity contribution is 4.67. The van der Waals surface area contributed by atoms with Crippen LogP contribution in [0.25, 0.3) is 0 Å². The van der Waals surface area contributed by atoms with Crippen molar-refractivity contribution < 1.29 is 0 Å². The van der Waals surface area contributed by atoms with Crippen LogP contribution in [0, 0.1) is 0 Å².